The summed E-state index contributed by atoms with van der Waals surface area (Å²) in [4.78, 5) is 13.1. The molecule has 0 atom stereocenters. The van der Waals surface area contributed by atoms with E-state index in [1.165, 1.54) is 59.6 Å². The summed E-state index contributed by atoms with van der Waals surface area (Å²) in [5.41, 5.74) is 6.52. The number of rotatable bonds is 1. The van der Waals surface area contributed by atoms with Crippen LogP contribution in [0.2, 0.25) is 0 Å². The van der Waals surface area contributed by atoms with Crippen LogP contribution < -0.4 is 0 Å². The molecular formula is C37H19N5. The quantitative estimate of drug-likeness (QED) is 0.197. The number of fused-ring (bicyclic) bond motifs is 13. The Bertz CT molecular complexity index is 2810. The molecule has 10 rings (SSSR count). The summed E-state index contributed by atoms with van der Waals surface area (Å²) >= 11 is 0. The molecule has 0 saturated heterocycles. The van der Waals surface area contributed by atoms with E-state index in [0.29, 0.717) is 0 Å². The Hall–Kier alpha value is -5.99. The van der Waals surface area contributed by atoms with Crippen molar-refractivity contribution in [2.45, 2.75) is 0 Å². The van der Waals surface area contributed by atoms with E-state index in [9.17, 15) is 0 Å². The number of nitrogens with zero attached hydrogens (tertiary/aromatic N) is 5. The van der Waals surface area contributed by atoms with Crippen molar-refractivity contribution in [1.29, 1.82) is 0 Å². The maximum atomic E-state index is 7.82. The predicted octanol–water partition coefficient (Wildman–Crippen LogP) is 9.58. The second-order valence-corrected chi connectivity index (χ2v) is 10.9. The molecule has 10 aromatic rings. The van der Waals surface area contributed by atoms with Crippen LogP contribution >= 0.6 is 0 Å². The van der Waals surface area contributed by atoms with E-state index < -0.39 is 0 Å². The monoisotopic (exact) mass is 533 g/mol. The molecule has 5 nitrogen and oxygen atoms in total. The van der Waals surface area contributed by atoms with Gasteiger partial charge in [0.05, 0.1) is 33.0 Å². The third-order valence-corrected chi connectivity index (χ3v) is 8.87. The molecule has 0 N–H and O–H groups in total. The number of hydrogen-bond donors (Lipinski definition) is 0. The SMILES string of the molecule is [C-]#[N+]c1nc(-n2c3ccc4ccccc4c3c3cc4c5ccccc5n5c6ccccc6c(c32)c45)c2ccccc2n1. The topological polar surface area (TPSA) is 39.5 Å². The first-order chi connectivity index (χ1) is 20.8. The zero-order chi connectivity index (χ0) is 27.5. The Balaban J connectivity index is 1.59. The van der Waals surface area contributed by atoms with Crippen molar-refractivity contribution in [2.75, 3.05) is 0 Å². The smallest absolute Gasteiger partial charge is 0.374 e. The van der Waals surface area contributed by atoms with Crippen LogP contribution in [-0.4, -0.2) is 18.9 Å². The fourth-order valence-electron chi connectivity index (χ4n) is 7.26. The van der Waals surface area contributed by atoms with Gasteiger partial charge in [-0.2, -0.15) is 0 Å². The van der Waals surface area contributed by atoms with E-state index >= 15 is 0 Å². The molecule has 0 radical (unpaired) electrons. The van der Waals surface area contributed by atoms with Crippen molar-refractivity contribution in [3.63, 3.8) is 0 Å². The van der Waals surface area contributed by atoms with Gasteiger partial charge in [0.1, 0.15) is 5.52 Å². The fraction of sp³-hybridized carbons (Fsp3) is 0. The molecule has 0 saturated carbocycles. The van der Waals surface area contributed by atoms with E-state index in [1.54, 1.807) is 0 Å². The van der Waals surface area contributed by atoms with Gasteiger partial charge in [0.25, 0.3) is 0 Å². The first-order valence-electron chi connectivity index (χ1n) is 14.0. The van der Waals surface area contributed by atoms with Crippen molar-refractivity contribution < 1.29 is 0 Å². The molecule has 0 spiro atoms. The van der Waals surface area contributed by atoms with Crippen LogP contribution in [0.5, 0.6) is 0 Å². The van der Waals surface area contributed by atoms with E-state index in [0.717, 1.165) is 27.8 Å². The Labute approximate surface area is 238 Å². The summed E-state index contributed by atoms with van der Waals surface area (Å²) in [7, 11) is 0. The highest BCUT2D eigenvalue weighted by molar-refractivity contribution is 6.36. The van der Waals surface area contributed by atoms with Crippen molar-refractivity contribution in [3.8, 4) is 5.82 Å². The number of para-hydroxylation sites is 3. The Kier molecular flexibility index (Phi) is 3.94. The maximum absolute atomic E-state index is 7.82. The zero-order valence-corrected chi connectivity index (χ0v) is 22.2. The molecule has 42 heavy (non-hydrogen) atoms. The lowest BCUT2D eigenvalue weighted by molar-refractivity contribution is 1.09. The highest BCUT2D eigenvalue weighted by atomic mass is 15.1. The van der Waals surface area contributed by atoms with Gasteiger partial charge in [-0.3, -0.25) is 4.57 Å². The van der Waals surface area contributed by atoms with Crippen LogP contribution in [0.25, 0.3) is 92.2 Å². The van der Waals surface area contributed by atoms with E-state index in [4.69, 9.17) is 11.6 Å². The largest absolute Gasteiger partial charge is 0.394 e. The van der Waals surface area contributed by atoms with E-state index in [1.807, 2.05) is 18.2 Å². The molecule has 0 aliphatic rings. The first kappa shape index (κ1) is 21.8. The third-order valence-electron chi connectivity index (χ3n) is 8.87. The van der Waals surface area contributed by atoms with Gasteiger partial charge in [-0.1, -0.05) is 78.9 Å². The summed E-state index contributed by atoms with van der Waals surface area (Å²) in [5, 5.41) is 10.6. The van der Waals surface area contributed by atoms with Gasteiger partial charge in [-0.25, -0.2) is 0 Å². The highest BCUT2D eigenvalue weighted by Gasteiger charge is 2.27. The number of benzene rings is 6. The summed E-state index contributed by atoms with van der Waals surface area (Å²) < 4.78 is 4.70. The predicted molar refractivity (Wildman–Crippen MR) is 172 cm³/mol. The Morgan fingerprint density at radius 3 is 2.05 bits per heavy atom. The zero-order valence-electron chi connectivity index (χ0n) is 22.2. The van der Waals surface area contributed by atoms with Gasteiger partial charge < -0.3 is 9.25 Å². The van der Waals surface area contributed by atoms with Gasteiger partial charge in [-0.15, -0.1) is 16.5 Å². The van der Waals surface area contributed by atoms with Crippen LogP contribution in [0.4, 0.5) is 5.95 Å². The minimum absolute atomic E-state index is 0.145. The molecule has 0 fully saturated rings. The van der Waals surface area contributed by atoms with E-state index in [-0.39, 0.29) is 5.95 Å². The van der Waals surface area contributed by atoms with Crippen molar-refractivity contribution in [2.24, 2.45) is 0 Å². The molecule has 5 heteroatoms. The van der Waals surface area contributed by atoms with Crippen molar-refractivity contribution in [3.05, 3.63) is 127 Å². The van der Waals surface area contributed by atoms with Crippen LogP contribution in [0.3, 0.4) is 0 Å². The summed E-state index contributed by atoms with van der Waals surface area (Å²) in [5.74, 6) is 0.871. The molecule has 0 aliphatic carbocycles. The number of aromatic nitrogens is 4. The van der Waals surface area contributed by atoms with Gasteiger partial charge in [0.2, 0.25) is 5.82 Å². The Morgan fingerprint density at radius 2 is 1.21 bits per heavy atom. The minimum Gasteiger partial charge on any atom is -0.394 e. The average molecular weight is 534 g/mol. The number of hydrogen-bond acceptors (Lipinski definition) is 2. The third kappa shape index (κ3) is 2.53. The maximum Gasteiger partial charge on any atom is 0.374 e. The van der Waals surface area contributed by atoms with Gasteiger partial charge in [0.15, 0.2) is 0 Å². The molecular weight excluding hydrogens is 514 g/mol. The average Bonchev–Trinajstić information content (AvgIpc) is 3.68. The van der Waals surface area contributed by atoms with Crippen molar-refractivity contribution >= 4 is 87.5 Å². The highest BCUT2D eigenvalue weighted by Crippen LogP contribution is 2.47. The van der Waals surface area contributed by atoms with Crippen molar-refractivity contribution in [1.82, 2.24) is 18.9 Å². The van der Waals surface area contributed by atoms with Gasteiger partial charge >= 0.3 is 5.95 Å². The summed E-state index contributed by atoms with van der Waals surface area (Å²) in [6, 6.07) is 40.7. The van der Waals surface area contributed by atoms with Gasteiger partial charge in [-0.05, 0) is 47.2 Å². The first-order valence-corrected chi connectivity index (χ1v) is 14.0. The van der Waals surface area contributed by atoms with Crippen LogP contribution in [0.1, 0.15) is 0 Å². The van der Waals surface area contributed by atoms with Crippen LogP contribution in [-0.2, 0) is 0 Å². The second kappa shape index (κ2) is 7.60. The molecule has 0 amide bonds. The molecule has 0 unspecified atom stereocenters. The molecule has 4 aromatic heterocycles. The standard InChI is InChI=1S/C37H19N5/c1-38-37-39-28-15-7-4-13-24(28)36(40-37)42-31-19-18-21-10-2-3-11-22(21)32(31)27-20-26-23-12-5-8-16-29(23)41-30-17-9-6-14-25(30)33(34(26)41)35(27)42/h2-20H. The lowest BCUT2D eigenvalue weighted by Gasteiger charge is -2.09. The molecule has 192 valence electrons. The minimum atomic E-state index is 0.145. The molecule has 6 aromatic carbocycles. The van der Waals surface area contributed by atoms with Crippen LogP contribution in [0.15, 0.2) is 115 Å². The summed E-state index contributed by atoms with van der Waals surface area (Å²) in [6.07, 6.45) is 0. The molecule has 0 aliphatic heterocycles. The summed E-state index contributed by atoms with van der Waals surface area (Å²) in [6.45, 7) is 7.82. The lowest BCUT2D eigenvalue weighted by Crippen LogP contribution is -2.00. The fourth-order valence-corrected chi connectivity index (χ4v) is 7.26. The Morgan fingerprint density at radius 1 is 0.524 bits per heavy atom. The van der Waals surface area contributed by atoms with Gasteiger partial charge in [0, 0.05) is 32.3 Å². The molecule has 0 bridgehead atoms. The molecule has 4 heterocycles. The lowest BCUT2D eigenvalue weighted by atomic mass is 10.0. The van der Waals surface area contributed by atoms with Crippen LogP contribution in [0, 0.1) is 6.57 Å². The normalized spacial score (nSPS) is 12.3. The van der Waals surface area contributed by atoms with E-state index in [2.05, 4.69) is 116 Å². The second-order valence-electron chi connectivity index (χ2n) is 10.9.